The summed E-state index contributed by atoms with van der Waals surface area (Å²) in [5, 5.41) is 6.66. The molecule has 144 valence electrons. The number of nitrogens with one attached hydrogen (secondary N) is 2. The third-order valence-corrected chi connectivity index (χ3v) is 3.95. The highest BCUT2D eigenvalue weighted by Crippen LogP contribution is 2.17. The van der Waals surface area contributed by atoms with Gasteiger partial charge in [0.05, 0.1) is 6.61 Å². The summed E-state index contributed by atoms with van der Waals surface area (Å²) in [6, 6.07) is 16.4. The minimum Gasteiger partial charge on any atom is -0.489 e. The monoisotopic (exact) mass is 367 g/mol. The van der Waals surface area contributed by atoms with Gasteiger partial charge >= 0.3 is 0 Å². The second kappa shape index (κ2) is 11.8. The molecule has 0 saturated heterocycles. The van der Waals surface area contributed by atoms with E-state index < -0.39 is 0 Å². The quantitative estimate of drug-likeness (QED) is 0.382. The smallest absolute Gasteiger partial charge is 0.191 e. The van der Waals surface area contributed by atoms with Gasteiger partial charge in [-0.1, -0.05) is 55.1 Å². The summed E-state index contributed by atoms with van der Waals surface area (Å²) in [6.07, 6.45) is 1.74. The van der Waals surface area contributed by atoms with E-state index in [0.717, 1.165) is 23.9 Å². The van der Waals surface area contributed by atoms with Gasteiger partial charge in [0, 0.05) is 32.3 Å². The Morgan fingerprint density at radius 1 is 1.04 bits per heavy atom. The summed E-state index contributed by atoms with van der Waals surface area (Å²) in [6.45, 7) is 8.89. The highest BCUT2D eigenvalue weighted by molar-refractivity contribution is 5.79. The van der Waals surface area contributed by atoms with Gasteiger partial charge in [0.25, 0.3) is 0 Å². The topological polar surface area (TPSA) is 54.9 Å². The van der Waals surface area contributed by atoms with Gasteiger partial charge in [-0.15, -0.1) is 0 Å². The van der Waals surface area contributed by atoms with Crippen LogP contribution in [-0.2, 0) is 24.4 Å². The van der Waals surface area contributed by atoms with Gasteiger partial charge in [0.1, 0.15) is 12.4 Å². The zero-order valence-electron chi connectivity index (χ0n) is 16.2. The standard InChI is InChI=1S/C22H29N3O2/c1-4-14-27-21-9-7-6-8-20(21)16-25-22(23-3)24-15-18-10-12-19(13-11-18)17-26-5-2/h4,6-13H,1,5,14-17H2,2-3H3,(H2,23,24,25). The first kappa shape index (κ1) is 20.5. The first-order chi connectivity index (χ1) is 13.3. The molecule has 5 heteroatoms. The van der Waals surface area contributed by atoms with Crippen molar-refractivity contribution in [3.05, 3.63) is 77.9 Å². The van der Waals surface area contributed by atoms with Crippen LogP contribution in [0, 0.1) is 0 Å². The molecule has 0 atom stereocenters. The Bertz CT molecular complexity index is 727. The largest absolute Gasteiger partial charge is 0.489 e. The summed E-state index contributed by atoms with van der Waals surface area (Å²) in [5.74, 6) is 1.59. The van der Waals surface area contributed by atoms with Crippen molar-refractivity contribution >= 4 is 5.96 Å². The number of rotatable bonds is 10. The van der Waals surface area contributed by atoms with Gasteiger partial charge in [-0.25, -0.2) is 0 Å². The van der Waals surface area contributed by atoms with Crippen molar-refractivity contribution in [3.63, 3.8) is 0 Å². The zero-order chi connectivity index (χ0) is 19.3. The Hall–Kier alpha value is -2.79. The minimum absolute atomic E-state index is 0.489. The van der Waals surface area contributed by atoms with Gasteiger partial charge in [-0.3, -0.25) is 4.99 Å². The Morgan fingerprint density at radius 3 is 2.44 bits per heavy atom. The van der Waals surface area contributed by atoms with Crippen molar-refractivity contribution in [2.75, 3.05) is 20.3 Å². The molecule has 0 heterocycles. The summed E-state index contributed by atoms with van der Waals surface area (Å²) in [5.41, 5.74) is 3.44. The van der Waals surface area contributed by atoms with Crippen LogP contribution in [-0.4, -0.2) is 26.2 Å². The number of benzene rings is 2. The fraction of sp³-hybridized carbons (Fsp3) is 0.318. The number of nitrogens with zero attached hydrogens (tertiary/aromatic N) is 1. The molecule has 0 aromatic heterocycles. The highest BCUT2D eigenvalue weighted by Gasteiger charge is 2.04. The van der Waals surface area contributed by atoms with E-state index in [1.54, 1.807) is 13.1 Å². The van der Waals surface area contributed by atoms with Crippen LogP contribution in [0.2, 0.25) is 0 Å². The molecule has 0 spiro atoms. The molecule has 0 saturated carbocycles. The van der Waals surface area contributed by atoms with E-state index in [0.29, 0.717) is 26.3 Å². The Labute approximate surface area is 162 Å². The lowest BCUT2D eigenvalue weighted by molar-refractivity contribution is 0.134. The molecular weight excluding hydrogens is 338 g/mol. The molecule has 0 bridgehead atoms. The van der Waals surface area contributed by atoms with Crippen LogP contribution in [0.15, 0.2) is 66.2 Å². The van der Waals surface area contributed by atoms with Crippen molar-refractivity contribution < 1.29 is 9.47 Å². The van der Waals surface area contributed by atoms with E-state index in [4.69, 9.17) is 9.47 Å². The molecule has 27 heavy (non-hydrogen) atoms. The van der Waals surface area contributed by atoms with Crippen molar-refractivity contribution in [1.29, 1.82) is 0 Å². The molecule has 2 rings (SSSR count). The van der Waals surface area contributed by atoms with Crippen molar-refractivity contribution in [1.82, 2.24) is 10.6 Å². The van der Waals surface area contributed by atoms with E-state index >= 15 is 0 Å². The number of hydrogen-bond donors (Lipinski definition) is 2. The number of guanidine groups is 1. The van der Waals surface area contributed by atoms with Crippen LogP contribution in [0.1, 0.15) is 23.6 Å². The van der Waals surface area contributed by atoms with Gasteiger partial charge in [-0.2, -0.15) is 0 Å². The fourth-order valence-electron chi connectivity index (χ4n) is 2.50. The first-order valence-corrected chi connectivity index (χ1v) is 9.18. The summed E-state index contributed by atoms with van der Waals surface area (Å²) in [4.78, 5) is 4.29. The lowest BCUT2D eigenvalue weighted by Gasteiger charge is -2.14. The summed E-state index contributed by atoms with van der Waals surface area (Å²) in [7, 11) is 1.76. The van der Waals surface area contributed by atoms with Crippen LogP contribution in [0.5, 0.6) is 5.75 Å². The van der Waals surface area contributed by atoms with E-state index in [1.165, 1.54) is 11.1 Å². The number of aliphatic imine (C=N–C) groups is 1. The Kier molecular flexibility index (Phi) is 8.93. The highest BCUT2D eigenvalue weighted by atomic mass is 16.5. The Balaban J connectivity index is 1.85. The van der Waals surface area contributed by atoms with Crippen LogP contribution in [0.3, 0.4) is 0 Å². The maximum atomic E-state index is 5.69. The van der Waals surface area contributed by atoms with Crippen LogP contribution in [0.4, 0.5) is 0 Å². The molecule has 0 unspecified atom stereocenters. The van der Waals surface area contributed by atoms with E-state index in [9.17, 15) is 0 Å². The van der Waals surface area contributed by atoms with Gasteiger partial charge in [-0.05, 0) is 24.1 Å². The van der Waals surface area contributed by atoms with Crippen LogP contribution >= 0.6 is 0 Å². The van der Waals surface area contributed by atoms with E-state index in [2.05, 4.69) is 46.5 Å². The molecule has 0 fully saturated rings. The van der Waals surface area contributed by atoms with Crippen molar-refractivity contribution in [2.45, 2.75) is 26.6 Å². The molecule has 0 aliphatic carbocycles. The third-order valence-electron chi connectivity index (χ3n) is 3.95. The lowest BCUT2D eigenvalue weighted by Crippen LogP contribution is -2.36. The second-order valence-corrected chi connectivity index (χ2v) is 5.94. The normalized spacial score (nSPS) is 11.1. The number of ether oxygens (including phenoxy) is 2. The van der Waals surface area contributed by atoms with E-state index in [1.807, 2.05) is 31.2 Å². The van der Waals surface area contributed by atoms with Crippen molar-refractivity contribution in [3.8, 4) is 5.75 Å². The molecule has 0 amide bonds. The fourth-order valence-corrected chi connectivity index (χ4v) is 2.50. The lowest BCUT2D eigenvalue weighted by atomic mass is 10.1. The summed E-state index contributed by atoms with van der Waals surface area (Å²) < 4.78 is 11.1. The van der Waals surface area contributed by atoms with Crippen LogP contribution in [0.25, 0.3) is 0 Å². The van der Waals surface area contributed by atoms with Gasteiger partial charge < -0.3 is 20.1 Å². The minimum atomic E-state index is 0.489. The molecule has 5 nitrogen and oxygen atoms in total. The van der Waals surface area contributed by atoms with Crippen molar-refractivity contribution in [2.24, 2.45) is 4.99 Å². The average molecular weight is 367 g/mol. The predicted molar refractivity (Wildman–Crippen MR) is 111 cm³/mol. The Morgan fingerprint density at radius 2 is 1.74 bits per heavy atom. The predicted octanol–water partition coefficient (Wildman–Crippen LogP) is 3.65. The van der Waals surface area contributed by atoms with E-state index in [-0.39, 0.29) is 0 Å². The zero-order valence-corrected chi connectivity index (χ0v) is 16.2. The molecule has 2 N–H and O–H groups in total. The SMILES string of the molecule is C=CCOc1ccccc1CNC(=NC)NCc1ccc(COCC)cc1. The third kappa shape index (κ3) is 7.15. The van der Waals surface area contributed by atoms with Crippen LogP contribution < -0.4 is 15.4 Å². The number of hydrogen-bond acceptors (Lipinski definition) is 3. The molecule has 0 aliphatic rings. The summed E-state index contributed by atoms with van der Waals surface area (Å²) >= 11 is 0. The molecular formula is C22H29N3O2. The molecule has 0 radical (unpaired) electrons. The molecule has 0 aliphatic heterocycles. The maximum Gasteiger partial charge on any atom is 0.191 e. The average Bonchev–Trinajstić information content (AvgIpc) is 2.72. The molecule has 2 aromatic carbocycles. The first-order valence-electron chi connectivity index (χ1n) is 9.18. The van der Waals surface area contributed by atoms with Gasteiger partial charge in [0.2, 0.25) is 0 Å². The molecule has 2 aromatic rings. The van der Waals surface area contributed by atoms with Gasteiger partial charge in [0.15, 0.2) is 5.96 Å². The number of para-hydroxylation sites is 1. The second-order valence-electron chi connectivity index (χ2n) is 5.94. The maximum absolute atomic E-state index is 5.69.